The van der Waals surface area contributed by atoms with Gasteiger partial charge in [0.1, 0.15) is 34.3 Å². The standard InChI is InChI=1S/C62H64N8O10S2/c1-62(2,3)80-61(72)64-60-63-57-53(10-9-11-54(57)81-60)52-34-22-46(23-35-55(71)68(36-41-12-24-47(75-4)25-13-41)37-42-14-26-48(76-5)27-15-42)58(56(52)59-65-67-70(66-59)40-45-20-32-51(79-8)33-21-45)82(73,74)69(38-43-16-28-49(77-6)29-17-43)39-44-18-30-50(78-7)31-19-44/h9-22,24-34H,23,35-40H2,1-8H3,(H,63,64,72). The van der Waals surface area contributed by atoms with Crippen molar-refractivity contribution in [3.8, 4) is 51.3 Å². The molecule has 0 unspecified atom stereocenters. The van der Waals surface area contributed by atoms with Crippen molar-refractivity contribution in [1.82, 2.24) is 34.4 Å². The number of hydrogen-bond acceptors (Lipinski definition) is 15. The number of rotatable bonds is 23. The van der Waals surface area contributed by atoms with Gasteiger partial charge in [0.05, 0.1) is 62.8 Å². The monoisotopic (exact) mass is 1140 g/mol. The molecule has 0 fully saturated rings. The van der Waals surface area contributed by atoms with Crippen molar-refractivity contribution in [2.24, 2.45) is 0 Å². The van der Waals surface area contributed by atoms with Gasteiger partial charge in [-0.2, -0.15) is 9.10 Å². The van der Waals surface area contributed by atoms with Gasteiger partial charge in [-0.05, 0) is 138 Å². The summed E-state index contributed by atoms with van der Waals surface area (Å²) in [6, 6.07) is 46.0. The number of nitrogens with one attached hydrogen (secondary N) is 1. The van der Waals surface area contributed by atoms with Crippen molar-refractivity contribution in [2.45, 2.75) is 76.8 Å². The quantitative estimate of drug-likeness (QED) is 0.0634. The van der Waals surface area contributed by atoms with Gasteiger partial charge < -0.3 is 33.3 Å². The predicted octanol–water partition coefficient (Wildman–Crippen LogP) is 11.6. The van der Waals surface area contributed by atoms with E-state index in [2.05, 4.69) is 15.6 Å². The van der Waals surface area contributed by atoms with Crippen molar-refractivity contribution < 1.29 is 46.4 Å². The molecule has 18 nitrogen and oxygen atoms in total. The summed E-state index contributed by atoms with van der Waals surface area (Å²) < 4.78 is 68.1. The minimum atomic E-state index is -4.69. The molecule has 2 amide bonds. The molecule has 0 saturated heterocycles. The number of carbonyl (C=O) groups excluding carboxylic acids is 2. The van der Waals surface area contributed by atoms with Crippen LogP contribution in [0, 0.1) is 0 Å². The lowest BCUT2D eigenvalue weighted by atomic mass is 9.94. The van der Waals surface area contributed by atoms with E-state index >= 15 is 13.2 Å². The van der Waals surface area contributed by atoms with Crippen molar-refractivity contribution in [3.63, 3.8) is 0 Å². The third-order valence-electron chi connectivity index (χ3n) is 13.4. The number of tetrazole rings is 1. The fourth-order valence-electron chi connectivity index (χ4n) is 9.24. The van der Waals surface area contributed by atoms with Crippen molar-refractivity contribution >= 4 is 48.7 Å². The predicted molar refractivity (Wildman–Crippen MR) is 315 cm³/mol. The molecule has 424 valence electrons. The number of nitrogens with zero attached hydrogens (tertiary/aromatic N) is 7. The van der Waals surface area contributed by atoms with Crippen molar-refractivity contribution in [1.29, 1.82) is 0 Å². The van der Waals surface area contributed by atoms with E-state index in [0.29, 0.717) is 66.8 Å². The highest BCUT2D eigenvalue weighted by Crippen LogP contribution is 2.44. The molecule has 7 aromatic carbocycles. The van der Waals surface area contributed by atoms with E-state index in [9.17, 15) is 4.79 Å². The highest BCUT2D eigenvalue weighted by Gasteiger charge is 2.35. The molecule has 2 heterocycles. The maximum absolute atomic E-state index is 16.6. The van der Waals surface area contributed by atoms with Gasteiger partial charge in [0.15, 0.2) is 5.13 Å². The Balaban J connectivity index is 1.23. The van der Waals surface area contributed by atoms with E-state index in [1.807, 2.05) is 121 Å². The van der Waals surface area contributed by atoms with Gasteiger partial charge in [-0.25, -0.2) is 18.2 Å². The summed E-state index contributed by atoms with van der Waals surface area (Å²) in [5, 5.41) is 17.2. The van der Waals surface area contributed by atoms with Crippen LogP contribution in [0.5, 0.6) is 28.7 Å². The fourth-order valence-corrected chi connectivity index (χ4v) is 12.0. The zero-order valence-corrected chi connectivity index (χ0v) is 48.5. The largest absolute Gasteiger partial charge is 0.497 e. The summed E-state index contributed by atoms with van der Waals surface area (Å²) in [6.07, 6.45) is -0.797. The molecule has 0 atom stereocenters. The lowest BCUT2D eigenvalue weighted by Crippen LogP contribution is -2.32. The van der Waals surface area contributed by atoms with Crippen molar-refractivity contribution in [3.05, 3.63) is 185 Å². The molecule has 82 heavy (non-hydrogen) atoms. The van der Waals surface area contributed by atoms with Crippen LogP contribution in [0.3, 0.4) is 0 Å². The van der Waals surface area contributed by atoms with Crippen molar-refractivity contribution in [2.75, 3.05) is 40.9 Å². The van der Waals surface area contributed by atoms with Gasteiger partial charge in [-0.1, -0.05) is 96.3 Å². The second-order valence-electron chi connectivity index (χ2n) is 20.2. The van der Waals surface area contributed by atoms with E-state index in [4.69, 9.17) is 38.5 Å². The minimum Gasteiger partial charge on any atom is -0.497 e. The second kappa shape index (κ2) is 25.7. The molecule has 9 aromatic rings. The Kier molecular flexibility index (Phi) is 18.1. The summed E-state index contributed by atoms with van der Waals surface area (Å²) in [6.45, 7) is 5.86. The number of amides is 2. The van der Waals surface area contributed by atoms with E-state index in [1.54, 1.807) is 91.6 Å². The summed E-state index contributed by atoms with van der Waals surface area (Å²) >= 11 is 1.24. The Bertz CT molecular complexity index is 3660. The van der Waals surface area contributed by atoms with Gasteiger partial charge in [0.25, 0.3) is 0 Å². The van der Waals surface area contributed by atoms with Gasteiger partial charge in [0.2, 0.25) is 21.8 Å². The van der Waals surface area contributed by atoms with Gasteiger partial charge in [-0.15, -0.1) is 10.2 Å². The lowest BCUT2D eigenvalue weighted by molar-refractivity contribution is -0.132. The van der Waals surface area contributed by atoms with E-state index in [1.165, 1.54) is 20.4 Å². The normalized spacial score (nSPS) is 11.6. The number of anilines is 1. The molecule has 9 rings (SSSR count). The first-order valence-corrected chi connectivity index (χ1v) is 28.5. The maximum Gasteiger partial charge on any atom is 0.413 e. The molecule has 0 bridgehead atoms. The number of methoxy groups -OCH3 is 5. The van der Waals surface area contributed by atoms with Crippen LogP contribution < -0.4 is 29.0 Å². The Morgan fingerprint density at radius 3 is 1.55 bits per heavy atom. The minimum absolute atomic E-state index is 0.00378. The topological polar surface area (TPSA) is 199 Å². The number of aryl methyl sites for hydroxylation is 1. The number of sulfonamides is 1. The van der Waals surface area contributed by atoms with Gasteiger partial charge in [-0.3, -0.25) is 10.1 Å². The summed E-state index contributed by atoms with van der Waals surface area (Å²) in [5.74, 6) is 3.01. The SMILES string of the molecule is COc1ccc(CN(Cc2ccc(OC)cc2)C(=O)CCc2ccc(-c3cccc4sc(NC(=O)OC(C)(C)C)nc34)c(-c3nnn(Cc4ccc(OC)cc4)n3)c2S(=O)(=O)N(Cc2ccc(OC)cc2)Cc2ccc(OC)cc2)cc1. The van der Waals surface area contributed by atoms with E-state index in [-0.39, 0.29) is 72.9 Å². The first-order chi connectivity index (χ1) is 39.5. The number of thiazole rings is 1. The average molecular weight is 1150 g/mol. The molecular weight excluding hydrogens is 1080 g/mol. The summed E-state index contributed by atoms with van der Waals surface area (Å²) in [7, 11) is 3.24. The zero-order chi connectivity index (χ0) is 58.0. The van der Waals surface area contributed by atoms with Crippen LogP contribution in [-0.2, 0) is 58.7 Å². The highest BCUT2D eigenvalue weighted by molar-refractivity contribution is 7.89. The number of benzene rings is 7. The number of para-hydroxylation sites is 1. The molecular formula is C62H64N8O10S2. The second-order valence-corrected chi connectivity index (χ2v) is 23.1. The average Bonchev–Trinajstić information content (AvgIpc) is 3.41. The Hall–Kier alpha value is -8.85. The first kappa shape index (κ1) is 57.8. The van der Waals surface area contributed by atoms with E-state index < -0.39 is 21.7 Å². The Morgan fingerprint density at radius 1 is 0.598 bits per heavy atom. The third-order valence-corrected chi connectivity index (χ3v) is 16.2. The molecule has 2 aromatic heterocycles. The fraction of sp³-hybridized carbons (Fsp3) is 0.258. The molecule has 20 heteroatoms. The summed E-state index contributed by atoms with van der Waals surface area (Å²) in [4.78, 5) is 36.1. The Labute approximate surface area is 481 Å². The number of hydrogen-bond donors (Lipinski definition) is 1. The van der Waals surface area contributed by atoms with Crippen LogP contribution in [0.15, 0.2) is 157 Å². The molecule has 0 spiro atoms. The molecule has 0 aliphatic heterocycles. The molecule has 0 aliphatic carbocycles. The van der Waals surface area contributed by atoms with E-state index in [0.717, 1.165) is 16.7 Å². The molecule has 0 saturated carbocycles. The number of aromatic nitrogens is 5. The first-order valence-electron chi connectivity index (χ1n) is 26.3. The molecule has 0 radical (unpaired) electrons. The molecule has 0 aliphatic rings. The Morgan fingerprint density at radius 2 is 1.07 bits per heavy atom. The van der Waals surface area contributed by atoms with Gasteiger partial charge in [0, 0.05) is 38.2 Å². The number of fused-ring (bicyclic) bond motifs is 1. The maximum atomic E-state index is 16.6. The zero-order valence-electron chi connectivity index (χ0n) is 46.9. The molecule has 1 N–H and O–H groups in total. The van der Waals surface area contributed by atoms with Crippen LogP contribution >= 0.6 is 11.3 Å². The van der Waals surface area contributed by atoms with Gasteiger partial charge >= 0.3 is 6.09 Å². The van der Waals surface area contributed by atoms with Crippen LogP contribution in [0.4, 0.5) is 9.93 Å². The highest BCUT2D eigenvalue weighted by atomic mass is 32.2. The van der Waals surface area contributed by atoms with Crippen LogP contribution in [-0.4, -0.2) is 96.0 Å². The van der Waals surface area contributed by atoms with Crippen LogP contribution in [0.1, 0.15) is 60.6 Å². The number of carbonyl (C=O) groups is 2. The summed E-state index contributed by atoms with van der Waals surface area (Å²) in [5.41, 5.74) is 5.04. The smallest absolute Gasteiger partial charge is 0.413 e. The third kappa shape index (κ3) is 14.2. The lowest BCUT2D eigenvalue weighted by Gasteiger charge is -2.27. The van der Waals surface area contributed by atoms with Crippen LogP contribution in [0.25, 0.3) is 32.7 Å². The van der Waals surface area contributed by atoms with Crippen LogP contribution in [0.2, 0.25) is 0 Å². The number of ether oxygens (including phenoxy) is 6.